The third-order valence-electron chi connectivity index (χ3n) is 4.87. The molecule has 4 rings (SSSR count). The molecule has 0 aliphatic carbocycles. The molecule has 0 bridgehead atoms. The molecule has 0 unspecified atom stereocenters. The van der Waals surface area contributed by atoms with Gasteiger partial charge in [-0.3, -0.25) is 4.79 Å². The molecule has 0 saturated carbocycles. The second-order valence-electron chi connectivity index (χ2n) is 7.71. The zero-order valence-corrected chi connectivity index (χ0v) is 21.2. The topological polar surface area (TPSA) is 66.0 Å². The summed E-state index contributed by atoms with van der Waals surface area (Å²) in [6.45, 7) is 4.10. The minimum atomic E-state index is -0.0928. The van der Waals surface area contributed by atoms with E-state index in [4.69, 9.17) is 12.2 Å². The van der Waals surface area contributed by atoms with Gasteiger partial charge >= 0.3 is 0 Å². The molecule has 0 saturated heterocycles. The van der Waals surface area contributed by atoms with Gasteiger partial charge in [0.2, 0.25) is 5.91 Å². The van der Waals surface area contributed by atoms with Crippen LogP contribution in [0.25, 0.3) is 11.3 Å². The molecule has 0 aliphatic rings. The Hall–Kier alpha value is -3.20. The molecule has 8 heteroatoms. The SMILES string of the molecule is Cc1ccc(NC(=S)Nc2cccc(SCC(=O)Nc3nc(-c4ccc(C)cc4)cs3)c2)cc1. The van der Waals surface area contributed by atoms with Crippen molar-refractivity contribution in [3.05, 3.63) is 89.3 Å². The van der Waals surface area contributed by atoms with Crippen LogP contribution in [0.2, 0.25) is 0 Å². The van der Waals surface area contributed by atoms with Gasteiger partial charge in [-0.2, -0.15) is 0 Å². The first kappa shape index (κ1) is 23.9. The first-order chi connectivity index (χ1) is 16.4. The molecule has 1 amide bonds. The van der Waals surface area contributed by atoms with Crippen LogP contribution >= 0.6 is 35.3 Å². The third kappa shape index (κ3) is 6.90. The number of amides is 1. The third-order valence-corrected chi connectivity index (χ3v) is 6.82. The maximum Gasteiger partial charge on any atom is 0.236 e. The van der Waals surface area contributed by atoms with Crippen molar-refractivity contribution in [2.75, 3.05) is 21.7 Å². The number of benzene rings is 3. The first-order valence-electron chi connectivity index (χ1n) is 10.6. The number of carbonyl (C=O) groups is 1. The number of nitrogens with one attached hydrogen (secondary N) is 3. The Labute approximate surface area is 213 Å². The van der Waals surface area contributed by atoms with Crippen molar-refractivity contribution in [2.24, 2.45) is 0 Å². The average Bonchev–Trinajstić information content (AvgIpc) is 3.28. The maximum atomic E-state index is 12.5. The Kier molecular flexibility index (Phi) is 7.95. The van der Waals surface area contributed by atoms with Gasteiger partial charge in [0.1, 0.15) is 0 Å². The molecule has 0 spiro atoms. The van der Waals surface area contributed by atoms with Gasteiger partial charge in [-0.25, -0.2) is 4.98 Å². The quantitative estimate of drug-likeness (QED) is 0.187. The van der Waals surface area contributed by atoms with Crippen LogP contribution in [0.15, 0.2) is 83.1 Å². The fraction of sp³-hybridized carbons (Fsp3) is 0.115. The molecule has 34 heavy (non-hydrogen) atoms. The van der Waals surface area contributed by atoms with Crippen LogP contribution in [0.1, 0.15) is 11.1 Å². The van der Waals surface area contributed by atoms with E-state index in [0.717, 1.165) is 27.5 Å². The van der Waals surface area contributed by atoms with Gasteiger partial charge in [-0.1, -0.05) is 53.6 Å². The Morgan fingerprint density at radius 2 is 1.59 bits per heavy atom. The molecule has 172 valence electrons. The van der Waals surface area contributed by atoms with Crippen LogP contribution in [0.5, 0.6) is 0 Å². The number of thioether (sulfide) groups is 1. The molecule has 0 fully saturated rings. The summed E-state index contributed by atoms with van der Waals surface area (Å²) in [6.07, 6.45) is 0. The summed E-state index contributed by atoms with van der Waals surface area (Å²) in [4.78, 5) is 18.0. The van der Waals surface area contributed by atoms with E-state index in [0.29, 0.717) is 10.2 Å². The van der Waals surface area contributed by atoms with Gasteiger partial charge in [0.05, 0.1) is 11.4 Å². The van der Waals surface area contributed by atoms with Gasteiger partial charge in [-0.15, -0.1) is 23.1 Å². The van der Waals surface area contributed by atoms with Crippen LogP contribution in [0.4, 0.5) is 16.5 Å². The standard InChI is InChI=1S/C26H24N4OS3/c1-17-6-10-19(11-7-17)23-15-34-26(29-23)30-24(31)16-33-22-5-3-4-21(14-22)28-25(32)27-20-12-8-18(2)9-13-20/h3-15H,16H2,1-2H3,(H2,27,28,32)(H,29,30,31). The Morgan fingerprint density at radius 3 is 2.32 bits per heavy atom. The molecule has 0 radical (unpaired) electrons. The second kappa shape index (κ2) is 11.3. The van der Waals surface area contributed by atoms with Crippen LogP contribution in [0, 0.1) is 13.8 Å². The van der Waals surface area contributed by atoms with Gasteiger partial charge in [-0.05, 0) is 56.4 Å². The highest BCUT2D eigenvalue weighted by molar-refractivity contribution is 8.00. The molecule has 1 heterocycles. The highest BCUT2D eigenvalue weighted by Gasteiger charge is 2.09. The summed E-state index contributed by atoms with van der Waals surface area (Å²) in [5.74, 6) is 0.194. The number of hydrogen-bond acceptors (Lipinski definition) is 5. The minimum absolute atomic E-state index is 0.0928. The lowest BCUT2D eigenvalue weighted by molar-refractivity contribution is -0.113. The molecule has 1 aromatic heterocycles. The second-order valence-corrected chi connectivity index (χ2v) is 10.0. The van der Waals surface area contributed by atoms with Crippen molar-refractivity contribution in [3.8, 4) is 11.3 Å². The van der Waals surface area contributed by atoms with Crippen molar-refractivity contribution in [3.63, 3.8) is 0 Å². The van der Waals surface area contributed by atoms with Crippen molar-refractivity contribution in [1.29, 1.82) is 0 Å². The van der Waals surface area contributed by atoms with Gasteiger partial charge in [0.15, 0.2) is 10.2 Å². The van der Waals surface area contributed by atoms with Crippen molar-refractivity contribution >= 4 is 62.8 Å². The molecule has 4 aromatic rings. The molecule has 0 aliphatic heterocycles. The van der Waals surface area contributed by atoms with Crippen molar-refractivity contribution < 1.29 is 4.79 Å². The number of thiocarbonyl (C=S) groups is 1. The van der Waals surface area contributed by atoms with E-state index in [1.165, 1.54) is 34.2 Å². The van der Waals surface area contributed by atoms with Crippen LogP contribution in [-0.4, -0.2) is 21.8 Å². The minimum Gasteiger partial charge on any atom is -0.332 e. The number of hydrogen-bond donors (Lipinski definition) is 3. The lowest BCUT2D eigenvalue weighted by atomic mass is 10.1. The van der Waals surface area contributed by atoms with E-state index in [2.05, 4.69) is 40.0 Å². The molecular weight excluding hydrogens is 481 g/mol. The Balaban J connectivity index is 1.28. The van der Waals surface area contributed by atoms with Gasteiger partial charge in [0.25, 0.3) is 0 Å². The lowest BCUT2D eigenvalue weighted by Gasteiger charge is -2.11. The number of nitrogens with zero attached hydrogens (tertiary/aromatic N) is 1. The lowest BCUT2D eigenvalue weighted by Crippen LogP contribution is -2.19. The maximum absolute atomic E-state index is 12.5. The predicted molar refractivity (Wildman–Crippen MR) is 149 cm³/mol. The molecule has 0 atom stereocenters. The number of anilines is 3. The summed E-state index contributed by atoms with van der Waals surface area (Å²) in [5, 5.41) is 12.3. The first-order valence-corrected chi connectivity index (χ1v) is 12.9. The number of aromatic nitrogens is 1. The molecular formula is C26H24N4OS3. The fourth-order valence-electron chi connectivity index (χ4n) is 3.09. The number of carbonyl (C=O) groups excluding carboxylic acids is 1. The van der Waals surface area contributed by atoms with Crippen molar-refractivity contribution in [1.82, 2.24) is 4.98 Å². The Morgan fingerprint density at radius 1 is 0.912 bits per heavy atom. The highest BCUT2D eigenvalue weighted by atomic mass is 32.2. The summed E-state index contributed by atoms with van der Waals surface area (Å²) in [7, 11) is 0. The van der Waals surface area contributed by atoms with E-state index in [-0.39, 0.29) is 11.7 Å². The largest absolute Gasteiger partial charge is 0.332 e. The van der Waals surface area contributed by atoms with Crippen molar-refractivity contribution in [2.45, 2.75) is 18.7 Å². The average molecular weight is 505 g/mol. The van der Waals surface area contributed by atoms with E-state index in [1.807, 2.05) is 73.0 Å². The molecule has 5 nitrogen and oxygen atoms in total. The summed E-state index contributed by atoms with van der Waals surface area (Å²) < 4.78 is 0. The van der Waals surface area contributed by atoms with Crippen LogP contribution < -0.4 is 16.0 Å². The number of thiazole rings is 1. The number of aryl methyl sites for hydroxylation is 2. The van der Waals surface area contributed by atoms with E-state index < -0.39 is 0 Å². The zero-order chi connectivity index (χ0) is 23.9. The van der Waals surface area contributed by atoms with E-state index in [1.54, 1.807) is 0 Å². The summed E-state index contributed by atoms with van der Waals surface area (Å²) >= 11 is 8.30. The van der Waals surface area contributed by atoms with Gasteiger partial charge in [0, 0.05) is 27.2 Å². The fourth-order valence-corrected chi connectivity index (χ4v) is 4.81. The smallest absolute Gasteiger partial charge is 0.236 e. The summed E-state index contributed by atoms with van der Waals surface area (Å²) in [6, 6.07) is 24.0. The van der Waals surface area contributed by atoms with Crippen LogP contribution in [-0.2, 0) is 4.79 Å². The number of rotatable bonds is 7. The normalized spacial score (nSPS) is 10.5. The Bertz CT molecular complexity index is 1280. The van der Waals surface area contributed by atoms with Crippen LogP contribution in [0.3, 0.4) is 0 Å². The molecule has 3 aromatic carbocycles. The van der Waals surface area contributed by atoms with E-state index >= 15 is 0 Å². The predicted octanol–water partition coefficient (Wildman–Crippen LogP) is 6.97. The highest BCUT2D eigenvalue weighted by Crippen LogP contribution is 2.26. The summed E-state index contributed by atoms with van der Waals surface area (Å²) in [5.41, 5.74) is 6.08. The molecule has 3 N–H and O–H groups in total. The monoisotopic (exact) mass is 504 g/mol. The van der Waals surface area contributed by atoms with E-state index in [9.17, 15) is 4.79 Å². The van der Waals surface area contributed by atoms with Gasteiger partial charge < -0.3 is 16.0 Å². The zero-order valence-electron chi connectivity index (χ0n) is 18.8.